The van der Waals surface area contributed by atoms with Gasteiger partial charge in [-0.25, -0.2) is 10.9 Å². The summed E-state index contributed by atoms with van der Waals surface area (Å²) in [6, 6.07) is 10.1. The molecule has 8 heteroatoms. The number of aliphatic hydroxyl groups is 1. The van der Waals surface area contributed by atoms with Crippen molar-refractivity contribution in [1.82, 2.24) is 15.8 Å². The van der Waals surface area contributed by atoms with E-state index < -0.39 is 6.04 Å². The van der Waals surface area contributed by atoms with Gasteiger partial charge in [0.1, 0.15) is 17.5 Å². The lowest BCUT2D eigenvalue weighted by atomic mass is 9.83. The number of carbonyl (C=O) groups excluding carboxylic acids is 1. The van der Waals surface area contributed by atoms with E-state index in [0.717, 1.165) is 11.1 Å². The van der Waals surface area contributed by atoms with Crippen LogP contribution in [-0.4, -0.2) is 47.3 Å². The van der Waals surface area contributed by atoms with Gasteiger partial charge in [0.2, 0.25) is 5.91 Å². The molecule has 2 aromatic carbocycles. The van der Waals surface area contributed by atoms with Gasteiger partial charge in [-0.1, -0.05) is 23.7 Å². The second-order valence-corrected chi connectivity index (χ2v) is 8.22. The number of amides is 1. The number of likely N-dealkylation sites (tertiary alicyclic amines) is 1. The van der Waals surface area contributed by atoms with Gasteiger partial charge in [0.15, 0.2) is 0 Å². The summed E-state index contributed by atoms with van der Waals surface area (Å²) < 4.78 is 5.40. The van der Waals surface area contributed by atoms with Crippen molar-refractivity contribution in [2.45, 2.75) is 31.5 Å². The molecule has 2 fully saturated rings. The first-order chi connectivity index (χ1) is 14.5. The van der Waals surface area contributed by atoms with Crippen molar-refractivity contribution in [3.05, 3.63) is 58.1 Å². The van der Waals surface area contributed by atoms with Gasteiger partial charge in [-0.3, -0.25) is 4.79 Å². The molecule has 2 aromatic rings. The second kappa shape index (κ2) is 8.43. The highest BCUT2D eigenvalue weighted by Crippen LogP contribution is 2.49. The van der Waals surface area contributed by atoms with E-state index in [1.165, 1.54) is 0 Å². The van der Waals surface area contributed by atoms with Crippen molar-refractivity contribution < 1.29 is 19.7 Å². The van der Waals surface area contributed by atoms with Crippen LogP contribution in [0, 0.1) is 12.8 Å². The molecule has 2 aliphatic heterocycles. The molecule has 4 atom stereocenters. The fraction of sp³-hybridized carbons (Fsp3) is 0.409. The van der Waals surface area contributed by atoms with Gasteiger partial charge in [-0.05, 0) is 48.7 Å². The molecule has 4 N–H and O–H groups in total. The Labute approximate surface area is 180 Å². The second-order valence-electron chi connectivity index (χ2n) is 7.81. The van der Waals surface area contributed by atoms with E-state index in [1.54, 1.807) is 19.2 Å². The summed E-state index contributed by atoms with van der Waals surface area (Å²) in [4.78, 5) is 15.0. The molecule has 4 rings (SSSR count). The van der Waals surface area contributed by atoms with Crippen LogP contribution in [0.1, 0.15) is 35.2 Å². The number of fused-ring (bicyclic) bond motifs is 1. The number of phenolic OH excluding ortho intramolecular Hbond substituents is 1. The van der Waals surface area contributed by atoms with Crippen molar-refractivity contribution in [3.8, 4) is 11.5 Å². The highest BCUT2D eigenvalue weighted by atomic mass is 35.5. The van der Waals surface area contributed by atoms with E-state index in [2.05, 4.69) is 10.9 Å². The average molecular weight is 432 g/mol. The summed E-state index contributed by atoms with van der Waals surface area (Å²) in [5.74, 6) is 0.631. The zero-order valence-electron chi connectivity index (χ0n) is 16.9. The van der Waals surface area contributed by atoms with Crippen LogP contribution in [0.5, 0.6) is 11.5 Å². The molecule has 0 spiro atoms. The first-order valence-corrected chi connectivity index (χ1v) is 10.4. The van der Waals surface area contributed by atoms with Crippen molar-refractivity contribution in [1.29, 1.82) is 0 Å². The number of nitrogens with one attached hydrogen (secondary N) is 2. The van der Waals surface area contributed by atoms with E-state index in [9.17, 15) is 15.0 Å². The first-order valence-electron chi connectivity index (χ1n) is 10.0. The molecule has 0 aromatic heterocycles. The van der Waals surface area contributed by atoms with Crippen LogP contribution in [0.15, 0.2) is 36.4 Å². The number of hydrogen-bond donors (Lipinski definition) is 4. The number of ether oxygens (including phenoxy) is 1. The lowest BCUT2D eigenvalue weighted by Crippen LogP contribution is -2.41. The van der Waals surface area contributed by atoms with Crippen molar-refractivity contribution in [2.24, 2.45) is 5.92 Å². The summed E-state index contributed by atoms with van der Waals surface area (Å²) in [5, 5.41) is 20.5. The van der Waals surface area contributed by atoms with Crippen LogP contribution in [0.3, 0.4) is 0 Å². The third-order valence-electron chi connectivity index (χ3n) is 6.05. The molecule has 4 unspecified atom stereocenters. The Kier molecular flexibility index (Phi) is 5.88. The number of hydrazine groups is 1. The van der Waals surface area contributed by atoms with Crippen LogP contribution in [0.25, 0.3) is 0 Å². The number of benzene rings is 2. The summed E-state index contributed by atoms with van der Waals surface area (Å²) in [7, 11) is 1.61. The molecule has 30 heavy (non-hydrogen) atoms. The molecule has 0 saturated carbocycles. The van der Waals surface area contributed by atoms with E-state index in [1.807, 2.05) is 36.1 Å². The number of halogens is 1. The summed E-state index contributed by atoms with van der Waals surface area (Å²) in [5.41, 5.74) is 8.71. The molecule has 0 radical (unpaired) electrons. The quantitative estimate of drug-likeness (QED) is 0.561. The number of rotatable bonds is 6. The highest BCUT2D eigenvalue weighted by Gasteiger charge is 2.55. The maximum atomic E-state index is 13.2. The molecule has 2 heterocycles. The van der Waals surface area contributed by atoms with Gasteiger partial charge in [0, 0.05) is 29.7 Å². The minimum absolute atomic E-state index is 0.00735. The Balaban J connectivity index is 1.79. The normalized spacial score (nSPS) is 25.6. The number of carbonyl (C=O) groups is 1. The lowest BCUT2D eigenvalue weighted by Gasteiger charge is -2.31. The largest absolute Gasteiger partial charge is 0.508 e. The van der Waals surface area contributed by atoms with Gasteiger partial charge in [0.25, 0.3) is 0 Å². The van der Waals surface area contributed by atoms with Crippen LogP contribution in [0.4, 0.5) is 0 Å². The van der Waals surface area contributed by atoms with Crippen molar-refractivity contribution in [3.63, 3.8) is 0 Å². The van der Waals surface area contributed by atoms with E-state index in [4.69, 9.17) is 16.3 Å². The number of methoxy groups -OCH3 is 1. The molecule has 2 saturated heterocycles. The fourth-order valence-corrected chi connectivity index (χ4v) is 4.78. The standard InChI is InChI=1S/C22H26ClN3O4/c1-12-9-17(28)15(11-16(12)23)19-18-20(25-24-19)22(29)26(7-4-8-27)21(18)13-5-3-6-14(10-13)30-2/h3,5-6,9-11,18-21,24-25,27-28H,4,7-8H2,1-2H3. The van der Waals surface area contributed by atoms with Crippen molar-refractivity contribution >= 4 is 17.5 Å². The van der Waals surface area contributed by atoms with Crippen LogP contribution in [-0.2, 0) is 4.79 Å². The average Bonchev–Trinajstić information content (AvgIpc) is 3.28. The Morgan fingerprint density at radius 2 is 1.97 bits per heavy atom. The molecule has 0 bridgehead atoms. The Morgan fingerprint density at radius 3 is 2.70 bits per heavy atom. The number of nitrogens with zero attached hydrogens (tertiary/aromatic N) is 1. The SMILES string of the molecule is COc1cccc(C2C3C(NNC3c3cc(Cl)c(C)cc3O)C(=O)N2CCCO)c1. The van der Waals surface area contributed by atoms with Crippen LogP contribution < -0.4 is 15.6 Å². The number of hydrogen-bond acceptors (Lipinski definition) is 6. The predicted octanol–water partition coefficient (Wildman–Crippen LogP) is 2.46. The molecule has 160 valence electrons. The van der Waals surface area contributed by atoms with Gasteiger partial charge in [0.05, 0.1) is 19.2 Å². The minimum Gasteiger partial charge on any atom is -0.508 e. The molecular formula is C22H26ClN3O4. The van der Waals surface area contributed by atoms with Crippen LogP contribution >= 0.6 is 11.6 Å². The van der Waals surface area contributed by atoms with Gasteiger partial charge < -0.3 is 19.8 Å². The van der Waals surface area contributed by atoms with Crippen LogP contribution in [0.2, 0.25) is 5.02 Å². The van der Waals surface area contributed by atoms with Gasteiger partial charge >= 0.3 is 0 Å². The summed E-state index contributed by atoms with van der Waals surface area (Å²) >= 11 is 6.35. The fourth-order valence-electron chi connectivity index (χ4n) is 4.61. The summed E-state index contributed by atoms with van der Waals surface area (Å²) in [6.07, 6.45) is 0.491. The molecule has 2 aliphatic rings. The topological polar surface area (TPSA) is 94.1 Å². The Bertz CT molecular complexity index is 954. The maximum Gasteiger partial charge on any atom is 0.242 e. The van der Waals surface area contributed by atoms with Crippen molar-refractivity contribution in [2.75, 3.05) is 20.3 Å². The predicted molar refractivity (Wildman–Crippen MR) is 113 cm³/mol. The Morgan fingerprint density at radius 1 is 1.20 bits per heavy atom. The molecular weight excluding hydrogens is 406 g/mol. The number of aromatic hydroxyl groups is 1. The molecule has 7 nitrogen and oxygen atoms in total. The van der Waals surface area contributed by atoms with E-state index >= 15 is 0 Å². The third kappa shape index (κ3) is 3.52. The number of phenols is 1. The van der Waals surface area contributed by atoms with E-state index in [-0.39, 0.29) is 36.3 Å². The maximum absolute atomic E-state index is 13.2. The number of aryl methyl sites for hydroxylation is 1. The third-order valence-corrected chi connectivity index (χ3v) is 6.46. The first kappa shape index (κ1) is 20.9. The highest BCUT2D eigenvalue weighted by molar-refractivity contribution is 6.31. The molecule has 1 amide bonds. The smallest absolute Gasteiger partial charge is 0.242 e. The monoisotopic (exact) mass is 431 g/mol. The lowest BCUT2D eigenvalue weighted by molar-refractivity contribution is -0.130. The summed E-state index contributed by atoms with van der Waals surface area (Å²) in [6.45, 7) is 2.29. The zero-order chi connectivity index (χ0) is 21.4. The van der Waals surface area contributed by atoms with E-state index in [0.29, 0.717) is 29.3 Å². The van der Waals surface area contributed by atoms with Gasteiger partial charge in [-0.2, -0.15) is 0 Å². The minimum atomic E-state index is -0.454. The number of aliphatic hydroxyl groups excluding tert-OH is 1. The van der Waals surface area contributed by atoms with Gasteiger partial charge in [-0.15, -0.1) is 0 Å². The molecule has 0 aliphatic carbocycles. The Hall–Kier alpha value is -2.32. The zero-order valence-corrected chi connectivity index (χ0v) is 17.7.